The Balaban J connectivity index is 1.69. The number of anilines is 2. The third-order valence-corrected chi connectivity index (χ3v) is 4.16. The van der Waals surface area contributed by atoms with E-state index in [-0.39, 0.29) is 24.0 Å². The molecule has 29 heavy (non-hydrogen) atoms. The summed E-state index contributed by atoms with van der Waals surface area (Å²) in [4.78, 5) is 40.9. The zero-order valence-corrected chi connectivity index (χ0v) is 15.9. The third-order valence-electron chi connectivity index (χ3n) is 4.16. The molecule has 0 aliphatic rings. The van der Waals surface area contributed by atoms with Crippen molar-refractivity contribution in [2.45, 2.75) is 6.54 Å². The van der Waals surface area contributed by atoms with Crippen LogP contribution in [-0.4, -0.2) is 52.1 Å². The number of amides is 3. The standard InChI is InChI=1S/C19H19N7O3/c1-20-19(29)25(2)18-16(11-27)26(12-21-18)10-17(28)23-14-7-5-13(6-8-14)15-4-3-9-22-24-15/h3-9,11-12H,10H2,1-2H3,(H,20,29)(H,23,28). The van der Waals surface area contributed by atoms with Crippen LogP contribution < -0.4 is 15.5 Å². The molecule has 0 spiro atoms. The number of carbonyl (C=O) groups is 3. The van der Waals surface area contributed by atoms with E-state index >= 15 is 0 Å². The van der Waals surface area contributed by atoms with Gasteiger partial charge in [0.05, 0.1) is 12.0 Å². The van der Waals surface area contributed by atoms with Gasteiger partial charge >= 0.3 is 6.03 Å². The van der Waals surface area contributed by atoms with Gasteiger partial charge in [0, 0.05) is 31.5 Å². The van der Waals surface area contributed by atoms with Gasteiger partial charge in [-0.05, 0) is 24.3 Å². The Hall–Kier alpha value is -4.08. The quantitative estimate of drug-likeness (QED) is 0.613. The molecule has 0 saturated carbocycles. The fraction of sp³-hybridized carbons (Fsp3) is 0.158. The normalized spacial score (nSPS) is 10.3. The lowest BCUT2D eigenvalue weighted by Crippen LogP contribution is -2.35. The molecule has 0 aliphatic carbocycles. The van der Waals surface area contributed by atoms with Crippen LogP contribution in [0.25, 0.3) is 11.3 Å². The van der Waals surface area contributed by atoms with E-state index in [4.69, 9.17) is 0 Å². The molecule has 2 heterocycles. The summed E-state index contributed by atoms with van der Waals surface area (Å²) in [5.41, 5.74) is 2.32. The van der Waals surface area contributed by atoms with E-state index in [0.717, 1.165) is 11.3 Å². The van der Waals surface area contributed by atoms with E-state index in [0.29, 0.717) is 12.0 Å². The number of hydrogen-bond donors (Lipinski definition) is 2. The number of imidazole rings is 1. The van der Waals surface area contributed by atoms with Crippen molar-refractivity contribution < 1.29 is 14.4 Å². The van der Waals surface area contributed by atoms with Gasteiger partial charge in [-0.25, -0.2) is 9.78 Å². The average Bonchev–Trinajstić information content (AvgIpc) is 3.15. The van der Waals surface area contributed by atoms with E-state index in [1.165, 1.54) is 29.9 Å². The molecular formula is C19H19N7O3. The van der Waals surface area contributed by atoms with E-state index in [1.807, 2.05) is 18.2 Å². The molecule has 0 bridgehead atoms. The van der Waals surface area contributed by atoms with Crippen molar-refractivity contribution in [2.24, 2.45) is 0 Å². The number of rotatable bonds is 6. The van der Waals surface area contributed by atoms with E-state index < -0.39 is 6.03 Å². The molecule has 3 amide bonds. The lowest BCUT2D eigenvalue weighted by atomic mass is 10.1. The highest BCUT2D eigenvalue weighted by molar-refractivity contribution is 5.96. The largest absolute Gasteiger partial charge is 0.341 e. The van der Waals surface area contributed by atoms with Crippen molar-refractivity contribution in [3.63, 3.8) is 0 Å². The number of nitrogens with one attached hydrogen (secondary N) is 2. The molecule has 3 rings (SSSR count). The number of nitrogens with zero attached hydrogens (tertiary/aromatic N) is 5. The molecule has 2 aromatic heterocycles. The van der Waals surface area contributed by atoms with Gasteiger partial charge in [0.15, 0.2) is 12.1 Å². The van der Waals surface area contributed by atoms with Gasteiger partial charge in [-0.1, -0.05) is 12.1 Å². The van der Waals surface area contributed by atoms with E-state index in [1.54, 1.807) is 24.4 Å². The molecule has 0 atom stereocenters. The highest BCUT2D eigenvalue weighted by atomic mass is 16.2. The van der Waals surface area contributed by atoms with Crippen LogP contribution in [-0.2, 0) is 11.3 Å². The van der Waals surface area contributed by atoms with E-state index in [9.17, 15) is 14.4 Å². The SMILES string of the molecule is CNC(=O)N(C)c1ncn(CC(=O)Nc2ccc(-c3cccnn3)cc2)c1C=O. The molecule has 0 fully saturated rings. The highest BCUT2D eigenvalue weighted by Gasteiger charge is 2.19. The van der Waals surface area contributed by atoms with Crippen molar-refractivity contribution in [3.05, 3.63) is 54.6 Å². The number of urea groups is 1. The van der Waals surface area contributed by atoms with Crippen molar-refractivity contribution in [1.29, 1.82) is 0 Å². The Morgan fingerprint density at radius 2 is 1.97 bits per heavy atom. The summed E-state index contributed by atoms with van der Waals surface area (Å²) in [5.74, 6) is -0.174. The summed E-state index contributed by atoms with van der Waals surface area (Å²) >= 11 is 0. The number of benzene rings is 1. The fourth-order valence-electron chi connectivity index (χ4n) is 2.68. The Labute approximate surface area is 166 Å². The van der Waals surface area contributed by atoms with Gasteiger partial charge in [-0.15, -0.1) is 0 Å². The van der Waals surface area contributed by atoms with Crippen molar-refractivity contribution in [1.82, 2.24) is 25.1 Å². The summed E-state index contributed by atoms with van der Waals surface area (Å²) in [5, 5.41) is 13.1. The zero-order valence-electron chi connectivity index (χ0n) is 15.9. The lowest BCUT2D eigenvalue weighted by Gasteiger charge is -2.14. The van der Waals surface area contributed by atoms with Crippen LogP contribution >= 0.6 is 0 Å². The number of aromatic nitrogens is 4. The van der Waals surface area contributed by atoms with Crippen molar-refractivity contribution in [2.75, 3.05) is 24.3 Å². The monoisotopic (exact) mass is 393 g/mol. The Kier molecular flexibility index (Phi) is 5.93. The molecule has 0 radical (unpaired) electrons. The number of aldehydes is 1. The number of hydrogen-bond acceptors (Lipinski definition) is 6. The molecule has 10 heteroatoms. The Morgan fingerprint density at radius 3 is 2.59 bits per heavy atom. The van der Waals surface area contributed by atoms with Gasteiger partial charge < -0.3 is 15.2 Å². The van der Waals surface area contributed by atoms with Gasteiger partial charge in [0.25, 0.3) is 0 Å². The highest BCUT2D eigenvalue weighted by Crippen LogP contribution is 2.19. The van der Waals surface area contributed by atoms with Crippen LogP contribution in [0, 0.1) is 0 Å². The minimum atomic E-state index is -0.425. The van der Waals surface area contributed by atoms with Gasteiger partial charge in [-0.3, -0.25) is 14.5 Å². The molecule has 3 aromatic rings. The topological polar surface area (TPSA) is 122 Å². The lowest BCUT2D eigenvalue weighted by molar-refractivity contribution is -0.116. The average molecular weight is 393 g/mol. The maximum absolute atomic E-state index is 12.4. The summed E-state index contributed by atoms with van der Waals surface area (Å²) < 4.78 is 1.38. The van der Waals surface area contributed by atoms with Gasteiger partial charge in [0.1, 0.15) is 12.2 Å². The van der Waals surface area contributed by atoms with E-state index in [2.05, 4.69) is 25.8 Å². The maximum Gasteiger partial charge on any atom is 0.322 e. The Bertz CT molecular complexity index is 1020. The second kappa shape index (κ2) is 8.74. The number of carbonyl (C=O) groups excluding carboxylic acids is 3. The second-order valence-corrected chi connectivity index (χ2v) is 6.05. The zero-order chi connectivity index (χ0) is 20.8. The maximum atomic E-state index is 12.4. The Morgan fingerprint density at radius 1 is 1.21 bits per heavy atom. The molecule has 0 aliphatic heterocycles. The first-order valence-corrected chi connectivity index (χ1v) is 8.67. The molecule has 0 unspecified atom stereocenters. The molecular weight excluding hydrogens is 374 g/mol. The van der Waals surface area contributed by atoms with Crippen LogP contribution in [0.15, 0.2) is 48.9 Å². The van der Waals surface area contributed by atoms with Crippen LogP contribution in [0.1, 0.15) is 10.5 Å². The van der Waals surface area contributed by atoms with Gasteiger partial charge in [0.2, 0.25) is 5.91 Å². The second-order valence-electron chi connectivity index (χ2n) is 6.05. The molecule has 2 N–H and O–H groups in total. The van der Waals surface area contributed by atoms with Crippen molar-refractivity contribution >= 4 is 29.7 Å². The smallest absolute Gasteiger partial charge is 0.322 e. The van der Waals surface area contributed by atoms with Crippen LogP contribution in [0.5, 0.6) is 0 Å². The fourth-order valence-corrected chi connectivity index (χ4v) is 2.68. The summed E-state index contributed by atoms with van der Waals surface area (Å²) in [7, 11) is 2.96. The summed E-state index contributed by atoms with van der Waals surface area (Å²) in [6, 6.07) is 10.4. The predicted octanol–water partition coefficient (Wildman–Crippen LogP) is 1.57. The van der Waals surface area contributed by atoms with Crippen LogP contribution in [0.2, 0.25) is 0 Å². The van der Waals surface area contributed by atoms with Crippen LogP contribution in [0.4, 0.5) is 16.3 Å². The minimum Gasteiger partial charge on any atom is -0.341 e. The third kappa shape index (κ3) is 4.43. The summed E-state index contributed by atoms with van der Waals surface area (Å²) in [6.07, 6.45) is 3.50. The first kappa shape index (κ1) is 19.7. The van der Waals surface area contributed by atoms with Gasteiger partial charge in [-0.2, -0.15) is 10.2 Å². The predicted molar refractivity (Wildman–Crippen MR) is 107 cm³/mol. The molecule has 0 saturated heterocycles. The molecule has 10 nitrogen and oxygen atoms in total. The van der Waals surface area contributed by atoms with Crippen LogP contribution in [0.3, 0.4) is 0 Å². The van der Waals surface area contributed by atoms with Crippen molar-refractivity contribution in [3.8, 4) is 11.3 Å². The first-order chi connectivity index (χ1) is 14.0. The molecule has 1 aromatic carbocycles. The molecule has 148 valence electrons. The summed E-state index contributed by atoms with van der Waals surface area (Å²) in [6.45, 7) is -0.130. The first-order valence-electron chi connectivity index (χ1n) is 8.67. The minimum absolute atomic E-state index is 0.129.